The van der Waals surface area contributed by atoms with Crippen LogP contribution < -0.4 is 9.04 Å². The van der Waals surface area contributed by atoms with Gasteiger partial charge >= 0.3 is 0 Å². The summed E-state index contributed by atoms with van der Waals surface area (Å²) < 4.78 is 33.0. The zero-order chi connectivity index (χ0) is 21.7. The molecule has 1 amide bonds. The number of hydrogen-bond donors (Lipinski definition) is 0. The van der Waals surface area contributed by atoms with Crippen LogP contribution in [-0.4, -0.2) is 20.9 Å². The molecule has 0 saturated heterocycles. The monoisotopic (exact) mass is 443 g/mol. The molecule has 0 fully saturated rings. The van der Waals surface area contributed by atoms with Gasteiger partial charge in [0.1, 0.15) is 5.75 Å². The molecule has 0 heterocycles. The van der Waals surface area contributed by atoms with Crippen molar-refractivity contribution in [3.05, 3.63) is 88.9 Å². The topological polar surface area (TPSA) is 63.7 Å². The van der Waals surface area contributed by atoms with Crippen molar-refractivity contribution in [1.82, 2.24) is 0 Å². The fraction of sp³-hybridized carbons (Fsp3) is 0.174. The van der Waals surface area contributed by atoms with Gasteiger partial charge in [-0.05, 0) is 55.3 Å². The number of aryl methyl sites for hydroxylation is 2. The summed E-state index contributed by atoms with van der Waals surface area (Å²) in [5, 5.41) is 0.338. The number of carbonyl (C=O) groups is 1. The Balaban J connectivity index is 1.97. The average molecular weight is 444 g/mol. The molecular weight excluding hydrogens is 422 g/mol. The third-order valence-corrected chi connectivity index (χ3v) is 6.63. The number of nitrogens with zero attached hydrogens (tertiary/aromatic N) is 1. The fourth-order valence-corrected chi connectivity index (χ4v) is 4.46. The van der Waals surface area contributed by atoms with Crippen LogP contribution >= 0.6 is 11.6 Å². The number of ether oxygens (including phenoxy) is 1. The predicted octanol–water partition coefficient (Wildman–Crippen LogP) is 5.01. The molecule has 0 unspecified atom stereocenters. The number of halogens is 1. The lowest BCUT2D eigenvalue weighted by Gasteiger charge is -2.23. The summed E-state index contributed by atoms with van der Waals surface area (Å²) in [7, 11) is -4.13. The van der Waals surface area contributed by atoms with Gasteiger partial charge < -0.3 is 4.74 Å². The summed E-state index contributed by atoms with van der Waals surface area (Å²) in [4.78, 5) is 13.1. The highest BCUT2D eigenvalue weighted by atomic mass is 35.5. The van der Waals surface area contributed by atoms with E-state index in [-0.39, 0.29) is 10.6 Å². The highest BCUT2D eigenvalue weighted by Gasteiger charge is 2.31. The Labute approximate surface area is 181 Å². The number of benzene rings is 3. The number of amides is 1. The van der Waals surface area contributed by atoms with Gasteiger partial charge in [-0.2, -0.15) is 4.31 Å². The maximum atomic E-state index is 13.3. The molecule has 3 rings (SSSR count). The van der Waals surface area contributed by atoms with Crippen LogP contribution in [-0.2, 0) is 21.2 Å². The van der Waals surface area contributed by atoms with Gasteiger partial charge in [0.15, 0.2) is 6.61 Å². The maximum absolute atomic E-state index is 13.3. The van der Waals surface area contributed by atoms with Crippen molar-refractivity contribution in [1.29, 1.82) is 0 Å². The second kappa shape index (κ2) is 9.32. The smallest absolute Gasteiger partial charge is 0.278 e. The summed E-state index contributed by atoms with van der Waals surface area (Å²) in [5.74, 6) is -0.415. The number of sulfonamides is 1. The zero-order valence-electron chi connectivity index (χ0n) is 16.7. The van der Waals surface area contributed by atoms with Crippen LogP contribution in [0.3, 0.4) is 0 Å². The summed E-state index contributed by atoms with van der Waals surface area (Å²) in [5.41, 5.74) is 2.20. The third-order valence-electron chi connectivity index (χ3n) is 4.55. The molecule has 5 nitrogen and oxygen atoms in total. The normalized spacial score (nSPS) is 11.2. The van der Waals surface area contributed by atoms with Crippen LogP contribution in [0.25, 0.3) is 0 Å². The zero-order valence-corrected chi connectivity index (χ0v) is 18.3. The van der Waals surface area contributed by atoms with E-state index in [2.05, 4.69) is 0 Å². The molecule has 0 N–H and O–H groups in total. The average Bonchev–Trinajstić information content (AvgIpc) is 2.74. The van der Waals surface area contributed by atoms with Crippen LogP contribution in [0, 0.1) is 6.92 Å². The molecule has 3 aromatic rings. The molecule has 0 aliphatic heterocycles. The standard InChI is InChI=1S/C23H22ClNO4S/c1-3-18-10-12-19(13-11-18)25(30(27,28)20-14-8-17(2)9-15-20)23(26)16-29-22-7-5-4-6-21(22)24/h4-15H,3,16H2,1-2H3. The molecule has 3 aromatic carbocycles. The minimum Gasteiger partial charge on any atom is -0.482 e. The molecule has 30 heavy (non-hydrogen) atoms. The van der Waals surface area contributed by atoms with E-state index < -0.39 is 22.5 Å². The van der Waals surface area contributed by atoms with E-state index in [1.807, 2.05) is 13.8 Å². The van der Waals surface area contributed by atoms with Crippen molar-refractivity contribution in [2.75, 3.05) is 10.9 Å². The number of anilines is 1. The number of rotatable bonds is 7. The number of carbonyl (C=O) groups excluding carboxylic acids is 1. The van der Waals surface area contributed by atoms with Gasteiger partial charge in [-0.1, -0.05) is 60.5 Å². The molecule has 7 heteroatoms. The Morgan fingerprint density at radius 2 is 1.60 bits per heavy atom. The molecule has 0 bridgehead atoms. The SMILES string of the molecule is CCc1ccc(N(C(=O)COc2ccccc2Cl)S(=O)(=O)c2ccc(C)cc2)cc1. The second-order valence-electron chi connectivity index (χ2n) is 6.72. The number of hydrogen-bond acceptors (Lipinski definition) is 4. The van der Waals surface area contributed by atoms with Gasteiger partial charge in [-0.15, -0.1) is 0 Å². The van der Waals surface area contributed by atoms with E-state index in [0.717, 1.165) is 21.9 Å². The summed E-state index contributed by atoms with van der Waals surface area (Å²) in [6.45, 7) is 3.38. The van der Waals surface area contributed by atoms with Crippen LogP contribution in [0.4, 0.5) is 5.69 Å². The molecule has 0 aromatic heterocycles. The van der Waals surface area contributed by atoms with E-state index in [1.54, 1.807) is 60.7 Å². The Hall–Kier alpha value is -2.83. The van der Waals surface area contributed by atoms with Crippen LogP contribution in [0.2, 0.25) is 5.02 Å². The van der Waals surface area contributed by atoms with Crippen molar-refractivity contribution in [2.45, 2.75) is 25.2 Å². The fourth-order valence-electron chi connectivity index (χ4n) is 2.86. The Kier molecular flexibility index (Phi) is 6.80. The quantitative estimate of drug-likeness (QED) is 0.514. The van der Waals surface area contributed by atoms with Gasteiger partial charge in [-0.3, -0.25) is 4.79 Å². The van der Waals surface area contributed by atoms with Gasteiger partial charge in [0.25, 0.3) is 15.9 Å². The molecular formula is C23H22ClNO4S. The lowest BCUT2D eigenvalue weighted by molar-refractivity contribution is -0.119. The van der Waals surface area contributed by atoms with E-state index in [9.17, 15) is 13.2 Å². The molecule has 0 atom stereocenters. The second-order valence-corrected chi connectivity index (χ2v) is 8.91. The van der Waals surface area contributed by atoms with Gasteiger partial charge in [0.2, 0.25) is 0 Å². The van der Waals surface area contributed by atoms with Crippen molar-refractivity contribution in [2.24, 2.45) is 0 Å². The van der Waals surface area contributed by atoms with Gasteiger partial charge in [0.05, 0.1) is 15.6 Å². The van der Waals surface area contributed by atoms with Crippen LogP contribution in [0.5, 0.6) is 5.75 Å². The lowest BCUT2D eigenvalue weighted by Crippen LogP contribution is -2.40. The van der Waals surface area contributed by atoms with E-state index >= 15 is 0 Å². The summed E-state index contributed by atoms with van der Waals surface area (Å²) >= 11 is 6.07. The first-order valence-corrected chi connectivity index (χ1v) is 11.3. The molecule has 0 aliphatic carbocycles. The molecule has 0 radical (unpaired) electrons. The minimum atomic E-state index is -4.13. The first-order valence-electron chi connectivity index (χ1n) is 9.44. The van der Waals surface area contributed by atoms with E-state index in [0.29, 0.717) is 10.8 Å². The Bertz CT molecular complexity index is 1130. The third kappa shape index (κ3) is 4.83. The molecule has 0 saturated carbocycles. The van der Waals surface area contributed by atoms with E-state index in [1.165, 1.54) is 12.1 Å². The van der Waals surface area contributed by atoms with E-state index in [4.69, 9.17) is 16.3 Å². The van der Waals surface area contributed by atoms with Crippen LogP contribution in [0.1, 0.15) is 18.1 Å². The van der Waals surface area contributed by atoms with Crippen molar-refractivity contribution in [3.63, 3.8) is 0 Å². The van der Waals surface area contributed by atoms with Crippen molar-refractivity contribution in [3.8, 4) is 5.75 Å². The van der Waals surface area contributed by atoms with Crippen molar-refractivity contribution < 1.29 is 17.9 Å². The first-order chi connectivity index (χ1) is 14.3. The first kappa shape index (κ1) is 21.9. The van der Waals surface area contributed by atoms with Gasteiger partial charge in [-0.25, -0.2) is 8.42 Å². The van der Waals surface area contributed by atoms with Crippen LogP contribution in [0.15, 0.2) is 77.7 Å². The highest BCUT2D eigenvalue weighted by molar-refractivity contribution is 7.93. The molecule has 0 spiro atoms. The summed E-state index contributed by atoms with van der Waals surface area (Å²) in [6.07, 6.45) is 0.800. The summed E-state index contributed by atoms with van der Waals surface area (Å²) in [6, 6.07) is 19.9. The lowest BCUT2D eigenvalue weighted by atomic mass is 10.1. The Morgan fingerprint density at radius 1 is 0.967 bits per heavy atom. The highest BCUT2D eigenvalue weighted by Crippen LogP contribution is 2.27. The largest absolute Gasteiger partial charge is 0.482 e. The molecule has 0 aliphatic rings. The number of para-hydroxylation sites is 1. The minimum absolute atomic E-state index is 0.0266. The Morgan fingerprint density at radius 3 is 2.20 bits per heavy atom. The maximum Gasteiger partial charge on any atom is 0.278 e. The predicted molar refractivity (Wildman–Crippen MR) is 119 cm³/mol. The van der Waals surface area contributed by atoms with Gasteiger partial charge in [0, 0.05) is 0 Å². The molecule has 156 valence electrons. The van der Waals surface area contributed by atoms with Crippen molar-refractivity contribution >= 4 is 33.2 Å².